The Kier molecular flexibility index (Phi) is 3.98. The maximum Gasteiger partial charge on any atom is 0.323 e. The summed E-state index contributed by atoms with van der Waals surface area (Å²) in [5.41, 5.74) is -1.47. The van der Waals surface area contributed by atoms with Gasteiger partial charge in [-0.15, -0.1) is 0 Å². The number of hydrogen-bond donors (Lipinski definition) is 1. The highest BCUT2D eigenvalue weighted by Gasteiger charge is 2.48. The topological polar surface area (TPSA) is 57.6 Å². The molecule has 0 saturated carbocycles. The highest BCUT2D eigenvalue weighted by atomic mass is 19.1. The average molecular weight is 311 g/mol. The van der Waals surface area contributed by atoms with Crippen LogP contribution in [0.5, 0.6) is 0 Å². The third-order valence-electron chi connectivity index (χ3n) is 4.43. The molecule has 0 bridgehead atoms. The minimum absolute atomic E-state index is 0.273. The van der Waals surface area contributed by atoms with Gasteiger partial charge in [0.15, 0.2) is 0 Å². The van der Waals surface area contributed by atoms with Gasteiger partial charge in [0.25, 0.3) is 0 Å². The molecule has 0 spiro atoms. The molecule has 1 heterocycles. The molecule has 1 aliphatic rings. The van der Waals surface area contributed by atoms with Gasteiger partial charge in [0.2, 0.25) is 5.91 Å². The minimum atomic E-state index is -1.16. The molecule has 0 unspecified atom stereocenters. The van der Waals surface area contributed by atoms with E-state index in [4.69, 9.17) is 5.11 Å². The Bertz CT molecular complexity index is 610. The Hall–Kier alpha value is -1.98. The number of benzene rings is 1. The summed E-state index contributed by atoms with van der Waals surface area (Å²) in [6.45, 7) is 4.64. The molecular formula is C16H19F2NO3. The van der Waals surface area contributed by atoms with Crippen molar-refractivity contribution < 1.29 is 23.5 Å². The van der Waals surface area contributed by atoms with Gasteiger partial charge >= 0.3 is 5.97 Å². The lowest BCUT2D eigenvalue weighted by atomic mass is 9.72. The van der Waals surface area contributed by atoms with Gasteiger partial charge in [0.05, 0.1) is 5.54 Å². The summed E-state index contributed by atoms with van der Waals surface area (Å²) in [5.74, 6) is -2.98. The fourth-order valence-electron chi connectivity index (χ4n) is 2.93. The molecular weight excluding hydrogens is 292 g/mol. The fraction of sp³-hybridized carbons (Fsp3) is 0.500. The van der Waals surface area contributed by atoms with Gasteiger partial charge in [-0.05, 0) is 37.5 Å². The Morgan fingerprint density at radius 2 is 1.73 bits per heavy atom. The maximum atomic E-state index is 13.5. The molecule has 1 aliphatic heterocycles. The van der Waals surface area contributed by atoms with Crippen LogP contribution in [0.2, 0.25) is 0 Å². The number of rotatable bonds is 3. The number of carbonyl (C=O) groups is 2. The Balaban J connectivity index is 2.53. The van der Waals surface area contributed by atoms with Gasteiger partial charge < -0.3 is 10.0 Å². The van der Waals surface area contributed by atoms with E-state index in [0.29, 0.717) is 12.8 Å². The molecule has 0 aliphatic carbocycles. The van der Waals surface area contributed by atoms with E-state index >= 15 is 0 Å². The first-order valence-corrected chi connectivity index (χ1v) is 7.07. The number of nitrogens with zero attached hydrogens (tertiary/aromatic N) is 1. The van der Waals surface area contributed by atoms with Crippen LogP contribution in [-0.2, 0) is 15.1 Å². The number of halogens is 2. The normalized spacial score (nSPS) is 24.4. The number of likely N-dealkylation sites (tertiary alicyclic amines) is 1. The second kappa shape index (κ2) is 5.34. The lowest BCUT2D eigenvalue weighted by molar-refractivity contribution is -0.161. The third kappa shape index (κ3) is 2.82. The lowest BCUT2D eigenvalue weighted by Gasteiger charge is -2.49. The molecule has 1 atom stereocenters. The van der Waals surface area contributed by atoms with Crippen LogP contribution in [0.1, 0.15) is 39.2 Å². The quantitative estimate of drug-likeness (QED) is 0.934. The summed E-state index contributed by atoms with van der Waals surface area (Å²) in [6.07, 6.45) is 0.943. The number of hydrogen-bond acceptors (Lipinski definition) is 2. The average Bonchev–Trinajstić information content (AvgIpc) is 2.39. The van der Waals surface area contributed by atoms with Gasteiger partial charge in [-0.3, -0.25) is 9.59 Å². The Morgan fingerprint density at radius 1 is 1.18 bits per heavy atom. The number of piperidine rings is 1. The minimum Gasteiger partial charge on any atom is -0.480 e. The van der Waals surface area contributed by atoms with Crippen LogP contribution in [0, 0.1) is 17.0 Å². The highest BCUT2D eigenvalue weighted by Crippen LogP contribution is 2.44. The van der Waals surface area contributed by atoms with Crippen molar-refractivity contribution in [3.63, 3.8) is 0 Å². The number of aliphatic carboxylic acids is 1. The number of amides is 1. The van der Waals surface area contributed by atoms with E-state index in [1.54, 1.807) is 20.8 Å². The maximum absolute atomic E-state index is 13.5. The van der Waals surface area contributed by atoms with Crippen molar-refractivity contribution in [3.05, 3.63) is 35.4 Å². The van der Waals surface area contributed by atoms with E-state index in [1.165, 1.54) is 4.90 Å². The van der Waals surface area contributed by atoms with Gasteiger partial charge in [0, 0.05) is 11.5 Å². The molecule has 1 aromatic carbocycles. The highest BCUT2D eigenvalue weighted by molar-refractivity contribution is 5.87. The van der Waals surface area contributed by atoms with E-state index in [2.05, 4.69) is 0 Å². The predicted molar refractivity (Wildman–Crippen MR) is 76.1 cm³/mol. The summed E-state index contributed by atoms with van der Waals surface area (Å²) < 4.78 is 27.1. The van der Waals surface area contributed by atoms with E-state index in [-0.39, 0.29) is 11.5 Å². The molecule has 120 valence electrons. The smallest absolute Gasteiger partial charge is 0.323 e. The van der Waals surface area contributed by atoms with Crippen LogP contribution >= 0.6 is 0 Å². The van der Waals surface area contributed by atoms with E-state index in [0.717, 1.165) is 18.2 Å². The Labute approximate surface area is 127 Å². The molecule has 1 amide bonds. The molecule has 1 fully saturated rings. The van der Waals surface area contributed by atoms with E-state index < -0.39 is 35.1 Å². The number of carboxylic acid groups (broad SMARTS) is 1. The van der Waals surface area contributed by atoms with Crippen LogP contribution in [0.25, 0.3) is 0 Å². The van der Waals surface area contributed by atoms with Crippen LogP contribution < -0.4 is 0 Å². The van der Waals surface area contributed by atoms with Crippen molar-refractivity contribution >= 4 is 11.9 Å². The predicted octanol–water partition coefficient (Wildman–Crippen LogP) is 2.91. The second-order valence-corrected chi connectivity index (χ2v) is 6.60. The molecule has 0 aromatic heterocycles. The SMILES string of the molecule is CC1(C)CC[C@@](C)(c2cc(F)cc(F)c2)N(CC(=O)O)C1=O. The van der Waals surface area contributed by atoms with Crippen LogP contribution in [0.15, 0.2) is 18.2 Å². The van der Waals surface area contributed by atoms with E-state index in [9.17, 15) is 18.4 Å². The van der Waals surface area contributed by atoms with Gasteiger partial charge in [-0.2, -0.15) is 0 Å². The molecule has 1 saturated heterocycles. The summed E-state index contributed by atoms with van der Waals surface area (Å²) in [7, 11) is 0. The van der Waals surface area contributed by atoms with Crippen molar-refractivity contribution in [2.24, 2.45) is 5.41 Å². The molecule has 22 heavy (non-hydrogen) atoms. The molecule has 6 heteroatoms. The summed E-state index contributed by atoms with van der Waals surface area (Å²) in [5, 5.41) is 9.10. The summed E-state index contributed by atoms with van der Waals surface area (Å²) in [6, 6.07) is 3.07. The molecule has 2 rings (SSSR count). The van der Waals surface area contributed by atoms with Gasteiger partial charge in [0.1, 0.15) is 18.2 Å². The van der Waals surface area contributed by atoms with Crippen molar-refractivity contribution in [1.82, 2.24) is 4.90 Å². The van der Waals surface area contributed by atoms with Crippen molar-refractivity contribution in [3.8, 4) is 0 Å². The zero-order chi connectivity index (χ0) is 16.7. The van der Waals surface area contributed by atoms with E-state index in [1.807, 2.05) is 0 Å². The largest absolute Gasteiger partial charge is 0.480 e. The third-order valence-corrected chi connectivity index (χ3v) is 4.43. The Morgan fingerprint density at radius 3 is 2.23 bits per heavy atom. The van der Waals surface area contributed by atoms with Crippen LogP contribution in [0.4, 0.5) is 8.78 Å². The summed E-state index contributed by atoms with van der Waals surface area (Å²) in [4.78, 5) is 25.0. The number of carboxylic acids is 1. The van der Waals surface area contributed by atoms with Gasteiger partial charge in [-0.25, -0.2) is 8.78 Å². The van der Waals surface area contributed by atoms with Crippen LogP contribution in [0.3, 0.4) is 0 Å². The molecule has 1 aromatic rings. The zero-order valence-corrected chi connectivity index (χ0v) is 12.8. The first-order valence-electron chi connectivity index (χ1n) is 7.07. The first-order chi connectivity index (χ1) is 10.1. The molecule has 4 nitrogen and oxygen atoms in total. The summed E-state index contributed by atoms with van der Waals surface area (Å²) >= 11 is 0. The zero-order valence-electron chi connectivity index (χ0n) is 12.8. The van der Waals surface area contributed by atoms with Crippen molar-refractivity contribution in [2.45, 2.75) is 39.2 Å². The monoisotopic (exact) mass is 311 g/mol. The number of carbonyl (C=O) groups excluding carboxylic acids is 1. The fourth-order valence-corrected chi connectivity index (χ4v) is 2.93. The second-order valence-electron chi connectivity index (χ2n) is 6.60. The van der Waals surface area contributed by atoms with Crippen molar-refractivity contribution in [2.75, 3.05) is 6.54 Å². The van der Waals surface area contributed by atoms with Gasteiger partial charge in [-0.1, -0.05) is 13.8 Å². The lowest BCUT2D eigenvalue weighted by Crippen LogP contribution is -2.58. The molecule has 1 N–H and O–H groups in total. The standard InChI is InChI=1S/C16H19F2NO3/c1-15(2)4-5-16(3,19(14(15)22)9-13(20)21)10-6-11(17)8-12(18)7-10/h6-8H,4-5,9H2,1-3H3,(H,20,21)/t16-/m0/s1. The first kappa shape index (κ1) is 16.4. The van der Waals surface area contributed by atoms with Crippen LogP contribution in [-0.4, -0.2) is 28.4 Å². The van der Waals surface area contributed by atoms with Crippen molar-refractivity contribution in [1.29, 1.82) is 0 Å². The molecule has 0 radical (unpaired) electrons.